The van der Waals surface area contributed by atoms with Gasteiger partial charge in [-0.05, 0) is 11.5 Å². The van der Waals surface area contributed by atoms with Crippen LogP contribution in [0, 0.1) is 5.92 Å². The number of hydrogen-bond acceptors (Lipinski definition) is 6. The van der Waals surface area contributed by atoms with Crippen molar-refractivity contribution in [2.45, 2.75) is 44.8 Å². The lowest BCUT2D eigenvalue weighted by Crippen LogP contribution is -2.55. The Labute approximate surface area is 179 Å². The average molecular weight is 436 g/mol. The molecule has 1 aromatic rings. The molecule has 170 valence electrons. The fourth-order valence-electron chi connectivity index (χ4n) is 2.65. The molecule has 0 radical (unpaired) electrons. The van der Waals surface area contributed by atoms with Crippen molar-refractivity contribution < 1.29 is 34.2 Å². The lowest BCUT2D eigenvalue weighted by molar-refractivity contribution is -0.141. The minimum atomic E-state index is -1.33. The van der Waals surface area contributed by atoms with Crippen molar-refractivity contribution in [3.63, 3.8) is 0 Å². The third kappa shape index (κ3) is 9.26. The molecule has 31 heavy (non-hydrogen) atoms. The number of aliphatic carboxylic acids is 2. The first-order chi connectivity index (χ1) is 14.5. The van der Waals surface area contributed by atoms with Crippen LogP contribution in [0.4, 0.5) is 0 Å². The van der Waals surface area contributed by atoms with Gasteiger partial charge in [-0.25, -0.2) is 4.79 Å². The van der Waals surface area contributed by atoms with Gasteiger partial charge in [0.15, 0.2) is 0 Å². The summed E-state index contributed by atoms with van der Waals surface area (Å²) in [4.78, 5) is 58.6. The summed E-state index contributed by atoms with van der Waals surface area (Å²) in [5, 5.41) is 25.1. The van der Waals surface area contributed by atoms with E-state index in [4.69, 9.17) is 10.8 Å². The Hall–Kier alpha value is -3.47. The SMILES string of the molecule is CC(C)C(NC(=O)C(N)CC(=O)O)C(=O)NCC(=O)NC(Cc1ccccc1)C(=O)O. The van der Waals surface area contributed by atoms with Crippen molar-refractivity contribution >= 4 is 29.7 Å². The molecule has 0 saturated heterocycles. The number of carboxylic acids is 2. The van der Waals surface area contributed by atoms with Gasteiger partial charge in [0.1, 0.15) is 12.1 Å². The van der Waals surface area contributed by atoms with E-state index in [9.17, 15) is 29.1 Å². The molecule has 0 aliphatic rings. The van der Waals surface area contributed by atoms with Gasteiger partial charge in [0, 0.05) is 6.42 Å². The lowest BCUT2D eigenvalue weighted by atomic mass is 10.0. The van der Waals surface area contributed by atoms with Crippen molar-refractivity contribution in [3.8, 4) is 0 Å². The van der Waals surface area contributed by atoms with Crippen molar-refractivity contribution in [2.75, 3.05) is 6.54 Å². The van der Waals surface area contributed by atoms with E-state index < -0.39 is 60.8 Å². The predicted octanol–water partition coefficient (Wildman–Crippen LogP) is -1.14. The van der Waals surface area contributed by atoms with E-state index in [1.165, 1.54) is 0 Å². The number of benzene rings is 1. The van der Waals surface area contributed by atoms with Gasteiger partial charge in [0.2, 0.25) is 17.7 Å². The Morgan fingerprint density at radius 1 is 0.968 bits per heavy atom. The van der Waals surface area contributed by atoms with Crippen LogP contribution in [0.3, 0.4) is 0 Å². The predicted molar refractivity (Wildman–Crippen MR) is 110 cm³/mol. The zero-order valence-corrected chi connectivity index (χ0v) is 17.3. The van der Waals surface area contributed by atoms with Crippen LogP contribution >= 0.6 is 0 Å². The van der Waals surface area contributed by atoms with E-state index in [2.05, 4.69) is 16.0 Å². The summed E-state index contributed by atoms with van der Waals surface area (Å²) in [7, 11) is 0. The van der Waals surface area contributed by atoms with Crippen molar-refractivity contribution in [3.05, 3.63) is 35.9 Å². The van der Waals surface area contributed by atoms with Crippen molar-refractivity contribution in [1.82, 2.24) is 16.0 Å². The van der Waals surface area contributed by atoms with Gasteiger partial charge in [0.05, 0.1) is 19.0 Å². The summed E-state index contributed by atoms with van der Waals surface area (Å²) in [5.74, 6) is -5.07. The molecule has 0 heterocycles. The summed E-state index contributed by atoms with van der Waals surface area (Å²) in [6.07, 6.45) is -0.527. The van der Waals surface area contributed by atoms with E-state index >= 15 is 0 Å². The number of carbonyl (C=O) groups excluding carboxylic acids is 3. The number of amides is 3. The second-order valence-electron chi connectivity index (χ2n) is 7.30. The van der Waals surface area contributed by atoms with E-state index in [1.807, 2.05) is 0 Å². The summed E-state index contributed by atoms with van der Waals surface area (Å²) < 4.78 is 0. The van der Waals surface area contributed by atoms with Crippen molar-refractivity contribution in [1.29, 1.82) is 0 Å². The van der Waals surface area contributed by atoms with Crippen molar-refractivity contribution in [2.24, 2.45) is 11.7 Å². The minimum absolute atomic E-state index is 0.0714. The monoisotopic (exact) mass is 436 g/mol. The number of nitrogens with one attached hydrogen (secondary N) is 3. The highest BCUT2D eigenvalue weighted by molar-refractivity contribution is 5.93. The highest BCUT2D eigenvalue weighted by Gasteiger charge is 2.28. The highest BCUT2D eigenvalue weighted by Crippen LogP contribution is 2.05. The molecule has 1 aromatic carbocycles. The number of rotatable bonds is 12. The Bertz CT molecular complexity index is 798. The van der Waals surface area contributed by atoms with E-state index in [0.29, 0.717) is 0 Å². The maximum absolute atomic E-state index is 12.4. The zero-order valence-electron chi connectivity index (χ0n) is 17.3. The Morgan fingerprint density at radius 2 is 1.58 bits per heavy atom. The molecule has 0 saturated carbocycles. The van der Waals surface area contributed by atoms with Crippen LogP contribution in [0.5, 0.6) is 0 Å². The number of carbonyl (C=O) groups is 5. The number of carboxylic acid groups (broad SMARTS) is 2. The van der Waals surface area contributed by atoms with Gasteiger partial charge in [0.25, 0.3) is 0 Å². The van der Waals surface area contributed by atoms with Crippen LogP contribution < -0.4 is 21.7 Å². The molecule has 0 spiro atoms. The average Bonchev–Trinajstić information content (AvgIpc) is 2.69. The van der Waals surface area contributed by atoms with Gasteiger partial charge in [-0.2, -0.15) is 0 Å². The molecular formula is C20H28N4O7. The first-order valence-electron chi connectivity index (χ1n) is 9.62. The third-order valence-corrected chi connectivity index (χ3v) is 4.32. The standard InChI is InChI=1S/C20H28N4O7/c1-11(2)17(24-18(28)13(21)9-16(26)27)19(29)22-10-15(25)23-14(20(30)31)8-12-6-4-3-5-7-12/h3-7,11,13-14,17H,8-10,21H2,1-2H3,(H,22,29)(H,23,25)(H,24,28)(H,26,27)(H,30,31). The van der Waals surface area contributed by atoms with Gasteiger partial charge in [-0.1, -0.05) is 44.2 Å². The molecule has 0 aromatic heterocycles. The maximum atomic E-state index is 12.4. The minimum Gasteiger partial charge on any atom is -0.481 e. The van der Waals surface area contributed by atoms with Crippen LogP contribution in [0.2, 0.25) is 0 Å². The second kappa shape index (κ2) is 12.3. The fourth-order valence-corrected chi connectivity index (χ4v) is 2.65. The van der Waals surface area contributed by atoms with Gasteiger partial charge in [-0.3, -0.25) is 19.2 Å². The highest BCUT2D eigenvalue weighted by atomic mass is 16.4. The van der Waals surface area contributed by atoms with Crippen LogP contribution in [0.15, 0.2) is 30.3 Å². The zero-order chi connectivity index (χ0) is 23.6. The Morgan fingerprint density at radius 3 is 2.10 bits per heavy atom. The Balaban J connectivity index is 2.63. The van der Waals surface area contributed by atoms with E-state index in [1.54, 1.807) is 44.2 Å². The molecule has 11 heteroatoms. The number of hydrogen-bond donors (Lipinski definition) is 6. The first kappa shape index (κ1) is 25.6. The van der Waals surface area contributed by atoms with Gasteiger partial charge >= 0.3 is 11.9 Å². The van der Waals surface area contributed by atoms with Crippen LogP contribution in [0.1, 0.15) is 25.8 Å². The lowest BCUT2D eigenvalue weighted by Gasteiger charge is -2.23. The molecule has 3 unspecified atom stereocenters. The van der Waals surface area contributed by atoms with Gasteiger partial charge in [-0.15, -0.1) is 0 Å². The van der Waals surface area contributed by atoms with E-state index in [-0.39, 0.29) is 12.3 Å². The molecule has 0 aliphatic heterocycles. The molecule has 11 nitrogen and oxygen atoms in total. The van der Waals surface area contributed by atoms with E-state index in [0.717, 1.165) is 5.56 Å². The van der Waals surface area contributed by atoms with Crippen LogP contribution in [-0.2, 0) is 30.4 Å². The maximum Gasteiger partial charge on any atom is 0.326 e. The quantitative estimate of drug-likeness (QED) is 0.237. The molecule has 1 rings (SSSR count). The molecule has 7 N–H and O–H groups in total. The smallest absolute Gasteiger partial charge is 0.326 e. The number of nitrogens with two attached hydrogens (primary N) is 1. The molecular weight excluding hydrogens is 408 g/mol. The Kier molecular flexibility index (Phi) is 10.1. The molecule has 3 atom stereocenters. The van der Waals surface area contributed by atoms with Crippen LogP contribution in [0.25, 0.3) is 0 Å². The fraction of sp³-hybridized carbons (Fsp3) is 0.450. The normalized spacial score (nSPS) is 13.5. The largest absolute Gasteiger partial charge is 0.481 e. The molecule has 0 fully saturated rings. The molecule has 0 bridgehead atoms. The first-order valence-corrected chi connectivity index (χ1v) is 9.62. The summed E-state index contributed by atoms with van der Waals surface area (Å²) >= 11 is 0. The second-order valence-corrected chi connectivity index (χ2v) is 7.30. The van der Waals surface area contributed by atoms with Gasteiger partial charge < -0.3 is 31.9 Å². The summed E-state index contributed by atoms with van der Waals surface area (Å²) in [6.45, 7) is 2.79. The topological polar surface area (TPSA) is 188 Å². The molecule has 3 amide bonds. The third-order valence-electron chi connectivity index (χ3n) is 4.32. The summed E-state index contributed by atoms with van der Waals surface area (Å²) in [5.41, 5.74) is 6.21. The summed E-state index contributed by atoms with van der Waals surface area (Å²) in [6, 6.07) is 5.18. The van der Waals surface area contributed by atoms with Crippen LogP contribution in [-0.4, -0.2) is 64.5 Å². The molecule has 0 aliphatic carbocycles.